The van der Waals surface area contributed by atoms with Gasteiger partial charge in [-0.3, -0.25) is 4.79 Å². The molecule has 1 N–H and O–H groups in total. The van der Waals surface area contributed by atoms with Crippen molar-refractivity contribution in [2.24, 2.45) is 5.10 Å². The number of carbonyl (C=O) groups is 1. The molecule has 6 nitrogen and oxygen atoms in total. The maximum Gasteiger partial charge on any atom is 0.277 e. The van der Waals surface area contributed by atoms with Gasteiger partial charge in [-0.25, -0.2) is 5.43 Å². The summed E-state index contributed by atoms with van der Waals surface area (Å²) in [6.45, 7) is 0.358. The number of hydrazone groups is 1. The van der Waals surface area contributed by atoms with E-state index in [-0.39, 0.29) is 12.5 Å². The second-order valence-electron chi connectivity index (χ2n) is 5.34. The van der Waals surface area contributed by atoms with Crippen LogP contribution in [-0.4, -0.2) is 18.7 Å². The molecule has 1 heterocycles. The van der Waals surface area contributed by atoms with Crippen molar-refractivity contribution in [2.45, 2.75) is 6.61 Å². The van der Waals surface area contributed by atoms with Crippen LogP contribution in [0.4, 0.5) is 0 Å². The second kappa shape index (κ2) is 9.08. The smallest absolute Gasteiger partial charge is 0.277 e. The molecule has 0 aliphatic carbocycles. The van der Waals surface area contributed by atoms with Crippen molar-refractivity contribution < 1.29 is 18.7 Å². The number of benzene rings is 2. The topological polar surface area (TPSA) is 73.1 Å². The number of nitrogens with one attached hydrogen (secondary N) is 1. The van der Waals surface area contributed by atoms with Crippen LogP contribution in [-0.2, 0) is 11.4 Å². The lowest BCUT2D eigenvalue weighted by molar-refractivity contribution is -0.123. The van der Waals surface area contributed by atoms with Gasteiger partial charge < -0.3 is 13.9 Å². The normalized spacial score (nSPS) is 10.6. The molecule has 1 amide bonds. The van der Waals surface area contributed by atoms with E-state index in [2.05, 4.69) is 10.5 Å². The first kappa shape index (κ1) is 17.3. The number of nitrogens with zero attached hydrogens (tertiary/aromatic N) is 1. The molecule has 26 heavy (non-hydrogen) atoms. The van der Waals surface area contributed by atoms with Gasteiger partial charge in [0.1, 0.15) is 23.9 Å². The van der Waals surface area contributed by atoms with Crippen molar-refractivity contribution in [1.29, 1.82) is 0 Å². The highest BCUT2D eigenvalue weighted by Gasteiger charge is 2.02. The Kier molecular flexibility index (Phi) is 6.04. The minimum Gasteiger partial charge on any atom is -0.489 e. The molecule has 0 aliphatic rings. The molecule has 0 atom stereocenters. The SMILES string of the molecule is O=C(COc1ccc(OCc2ccccc2)cc1)N/N=C/c1ccco1. The van der Waals surface area contributed by atoms with E-state index in [1.807, 2.05) is 30.3 Å². The van der Waals surface area contributed by atoms with Gasteiger partial charge in [0.25, 0.3) is 5.91 Å². The van der Waals surface area contributed by atoms with E-state index in [0.29, 0.717) is 18.1 Å². The summed E-state index contributed by atoms with van der Waals surface area (Å²) in [5.41, 5.74) is 3.46. The van der Waals surface area contributed by atoms with Crippen molar-refractivity contribution in [3.8, 4) is 11.5 Å². The molecule has 132 valence electrons. The molecule has 0 fully saturated rings. The Morgan fingerprint density at radius 3 is 2.38 bits per heavy atom. The Labute approximate surface area is 151 Å². The van der Waals surface area contributed by atoms with E-state index in [1.54, 1.807) is 36.4 Å². The van der Waals surface area contributed by atoms with Crippen molar-refractivity contribution in [1.82, 2.24) is 5.43 Å². The molecule has 0 radical (unpaired) electrons. The molecule has 0 spiro atoms. The van der Waals surface area contributed by atoms with Gasteiger partial charge in [-0.2, -0.15) is 5.10 Å². The molecule has 0 saturated carbocycles. The average Bonchev–Trinajstić information content (AvgIpc) is 3.20. The number of ether oxygens (including phenoxy) is 2. The Bertz CT molecular complexity index is 828. The van der Waals surface area contributed by atoms with Crippen LogP contribution in [0, 0.1) is 0 Å². The van der Waals surface area contributed by atoms with Gasteiger partial charge >= 0.3 is 0 Å². The third kappa shape index (κ3) is 5.52. The third-order valence-corrected chi connectivity index (χ3v) is 3.37. The summed E-state index contributed by atoms with van der Waals surface area (Å²) >= 11 is 0. The van der Waals surface area contributed by atoms with Crippen LogP contribution in [0.1, 0.15) is 11.3 Å². The van der Waals surface area contributed by atoms with E-state index in [1.165, 1.54) is 12.5 Å². The fourth-order valence-electron chi connectivity index (χ4n) is 2.09. The minimum atomic E-state index is -0.364. The van der Waals surface area contributed by atoms with Crippen LogP contribution in [0.25, 0.3) is 0 Å². The fraction of sp³-hybridized carbons (Fsp3) is 0.100. The predicted octanol–water partition coefficient (Wildman–Crippen LogP) is 3.39. The summed E-state index contributed by atoms with van der Waals surface area (Å²) in [4.78, 5) is 11.7. The van der Waals surface area contributed by atoms with Gasteiger partial charge in [0.15, 0.2) is 6.61 Å². The van der Waals surface area contributed by atoms with Crippen LogP contribution in [0.15, 0.2) is 82.5 Å². The van der Waals surface area contributed by atoms with Crippen molar-refractivity contribution in [3.05, 3.63) is 84.3 Å². The number of rotatable bonds is 8. The lowest BCUT2D eigenvalue weighted by atomic mass is 10.2. The zero-order valence-corrected chi connectivity index (χ0v) is 14.0. The fourth-order valence-corrected chi connectivity index (χ4v) is 2.09. The van der Waals surface area contributed by atoms with E-state index >= 15 is 0 Å². The highest BCUT2D eigenvalue weighted by molar-refractivity contribution is 5.81. The molecule has 0 unspecified atom stereocenters. The van der Waals surface area contributed by atoms with Crippen molar-refractivity contribution in [3.63, 3.8) is 0 Å². The van der Waals surface area contributed by atoms with Crippen LogP contribution < -0.4 is 14.9 Å². The molecular formula is C20H18N2O4. The molecule has 0 saturated heterocycles. The highest BCUT2D eigenvalue weighted by Crippen LogP contribution is 2.18. The Balaban J connectivity index is 1.40. The highest BCUT2D eigenvalue weighted by atomic mass is 16.5. The number of hydrogen-bond acceptors (Lipinski definition) is 5. The molecule has 0 bridgehead atoms. The maximum atomic E-state index is 11.7. The van der Waals surface area contributed by atoms with Crippen molar-refractivity contribution >= 4 is 12.1 Å². The zero-order chi connectivity index (χ0) is 18.0. The minimum absolute atomic E-state index is 0.139. The third-order valence-electron chi connectivity index (χ3n) is 3.37. The summed E-state index contributed by atoms with van der Waals surface area (Å²) in [6.07, 6.45) is 2.94. The van der Waals surface area contributed by atoms with Gasteiger partial charge in [0.2, 0.25) is 0 Å². The first-order valence-electron chi connectivity index (χ1n) is 8.04. The second-order valence-corrected chi connectivity index (χ2v) is 5.34. The Hall–Kier alpha value is -3.54. The molecule has 2 aromatic carbocycles. The zero-order valence-electron chi connectivity index (χ0n) is 14.0. The van der Waals surface area contributed by atoms with Crippen LogP contribution in [0.2, 0.25) is 0 Å². The van der Waals surface area contributed by atoms with Gasteiger partial charge in [-0.1, -0.05) is 30.3 Å². The Morgan fingerprint density at radius 2 is 1.69 bits per heavy atom. The standard InChI is InChI=1S/C20H18N2O4/c23-20(22-21-13-19-7-4-12-24-19)15-26-18-10-8-17(9-11-18)25-14-16-5-2-1-3-6-16/h1-13H,14-15H2,(H,22,23)/b21-13+. The largest absolute Gasteiger partial charge is 0.489 e. The monoisotopic (exact) mass is 350 g/mol. The molecule has 0 aliphatic heterocycles. The lowest BCUT2D eigenvalue weighted by Gasteiger charge is -2.08. The van der Waals surface area contributed by atoms with E-state index in [9.17, 15) is 4.79 Å². The lowest BCUT2D eigenvalue weighted by Crippen LogP contribution is -2.24. The average molecular weight is 350 g/mol. The van der Waals surface area contributed by atoms with Gasteiger partial charge in [-0.15, -0.1) is 0 Å². The summed E-state index contributed by atoms with van der Waals surface area (Å²) in [5.74, 6) is 1.49. The van der Waals surface area contributed by atoms with Gasteiger partial charge in [-0.05, 0) is 42.0 Å². The van der Waals surface area contributed by atoms with Gasteiger partial charge in [0, 0.05) is 0 Å². The number of carbonyl (C=O) groups excluding carboxylic acids is 1. The van der Waals surface area contributed by atoms with Crippen molar-refractivity contribution in [2.75, 3.05) is 6.61 Å². The van der Waals surface area contributed by atoms with Crippen LogP contribution >= 0.6 is 0 Å². The van der Waals surface area contributed by atoms with E-state index in [0.717, 1.165) is 11.3 Å². The molecule has 3 rings (SSSR count). The molecular weight excluding hydrogens is 332 g/mol. The number of hydrogen-bond donors (Lipinski definition) is 1. The number of amides is 1. The molecule has 6 heteroatoms. The quantitative estimate of drug-likeness (QED) is 0.499. The summed E-state index contributed by atoms with van der Waals surface area (Å²) < 4.78 is 16.2. The van der Waals surface area contributed by atoms with E-state index < -0.39 is 0 Å². The Morgan fingerprint density at radius 1 is 0.962 bits per heavy atom. The number of furan rings is 1. The predicted molar refractivity (Wildman–Crippen MR) is 97.2 cm³/mol. The first-order chi connectivity index (χ1) is 12.8. The summed E-state index contributed by atoms with van der Waals surface area (Å²) in [5, 5.41) is 3.77. The summed E-state index contributed by atoms with van der Waals surface area (Å²) in [6, 6.07) is 20.5. The molecule has 1 aromatic heterocycles. The maximum absolute atomic E-state index is 11.7. The van der Waals surface area contributed by atoms with E-state index in [4.69, 9.17) is 13.9 Å². The molecule has 3 aromatic rings. The summed E-state index contributed by atoms with van der Waals surface area (Å²) in [7, 11) is 0. The van der Waals surface area contributed by atoms with Crippen LogP contribution in [0.5, 0.6) is 11.5 Å². The van der Waals surface area contributed by atoms with Gasteiger partial charge in [0.05, 0.1) is 12.5 Å². The van der Waals surface area contributed by atoms with Crippen LogP contribution in [0.3, 0.4) is 0 Å². The first-order valence-corrected chi connectivity index (χ1v) is 8.04.